The molecule has 2 heterocycles. The van der Waals surface area contributed by atoms with Gasteiger partial charge < -0.3 is 39.8 Å². The Bertz CT molecular complexity index is 1270. The van der Waals surface area contributed by atoms with Gasteiger partial charge in [-0.3, -0.25) is 4.90 Å². The van der Waals surface area contributed by atoms with Crippen molar-refractivity contribution in [3.8, 4) is 0 Å². The maximum atomic E-state index is 10.1. The summed E-state index contributed by atoms with van der Waals surface area (Å²) in [6.07, 6.45) is 10.3. The van der Waals surface area contributed by atoms with Crippen LogP contribution in [0.15, 0.2) is 49.1 Å². The Hall–Kier alpha value is -3.62. The van der Waals surface area contributed by atoms with Crippen molar-refractivity contribution in [3.63, 3.8) is 0 Å². The summed E-state index contributed by atoms with van der Waals surface area (Å²) in [5.74, 6) is -1.53. The van der Waals surface area contributed by atoms with Crippen LogP contribution < -0.4 is 0 Å². The molecule has 46 heavy (non-hydrogen) atoms. The molecule has 0 saturated carbocycles. The van der Waals surface area contributed by atoms with Crippen molar-refractivity contribution in [1.29, 1.82) is 0 Å². The minimum atomic E-state index is -2.65. The van der Waals surface area contributed by atoms with Crippen LogP contribution in [0.2, 0.25) is 0 Å². The minimum absolute atomic E-state index is 0.703. The third-order valence-electron chi connectivity index (χ3n) is 7.64. The van der Waals surface area contributed by atoms with E-state index in [0.717, 1.165) is 44.4 Å². The second kappa shape index (κ2) is 19.8. The summed E-state index contributed by atoms with van der Waals surface area (Å²) in [5, 5.41) is 33.7. The Morgan fingerprint density at radius 1 is 0.891 bits per heavy atom. The van der Waals surface area contributed by atoms with Gasteiger partial charge in [-0.05, 0) is 77.0 Å². The van der Waals surface area contributed by atoms with Gasteiger partial charge in [0, 0.05) is 44.9 Å². The number of imidazole rings is 2. The molecule has 2 aromatic heterocycles. The molecular formula is C33H53N7O6. The van der Waals surface area contributed by atoms with Crippen LogP contribution in [0.4, 0.5) is 0 Å². The number of nitrogens with zero attached hydrogens (tertiary/aromatic N) is 6. The number of carboxylic acids is 2. The fourth-order valence-electron chi connectivity index (χ4n) is 4.95. The zero-order valence-corrected chi connectivity index (χ0v) is 28.0. The lowest BCUT2D eigenvalue weighted by atomic mass is 10.00. The molecule has 1 aromatic carbocycles. The van der Waals surface area contributed by atoms with E-state index in [1.807, 2.05) is 31.8 Å². The van der Waals surface area contributed by atoms with Crippen molar-refractivity contribution in [3.05, 3.63) is 71.8 Å². The summed E-state index contributed by atoms with van der Waals surface area (Å²) in [4.78, 5) is 39.7. The van der Waals surface area contributed by atoms with Gasteiger partial charge in [0.2, 0.25) is 0 Å². The first kappa shape index (κ1) is 38.6. The van der Waals surface area contributed by atoms with Gasteiger partial charge in [0.05, 0.1) is 13.1 Å². The lowest BCUT2D eigenvalue weighted by Gasteiger charge is -2.22. The molecule has 0 unspecified atom stereocenters. The van der Waals surface area contributed by atoms with Crippen molar-refractivity contribution in [2.75, 3.05) is 33.2 Å². The number of carboxylic acid groups (broad SMARTS) is 2. The number of hydrogen-bond acceptors (Lipinski definition) is 9. The zero-order valence-electron chi connectivity index (χ0n) is 28.0. The first-order chi connectivity index (χ1) is 21.9. The molecule has 3 aromatic rings. The van der Waals surface area contributed by atoms with Gasteiger partial charge in [-0.1, -0.05) is 38.1 Å². The van der Waals surface area contributed by atoms with E-state index in [4.69, 9.17) is 20.4 Å². The molecule has 256 valence electrons. The number of carbonyl (C=O) groups is 2. The predicted molar refractivity (Wildman–Crippen MR) is 176 cm³/mol. The van der Waals surface area contributed by atoms with Crippen molar-refractivity contribution in [1.82, 2.24) is 34.2 Å². The summed E-state index contributed by atoms with van der Waals surface area (Å²) in [7, 11) is 4.28. The SMILES string of the molecule is CCCN(CCC)CCCCN(C)Cc1ccc(CN(Cc2ncc[nH]2)Cc2nccn2C)cc1.C[C@](O)(C(=O)O)[C@@H](O)C(=O)O. The number of aliphatic hydroxyl groups is 2. The molecule has 13 heteroatoms. The van der Waals surface area contributed by atoms with Crippen LogP contribution in [0.3, 0.4) is 0 Å². The van der Waals surface area contributed by atoms with Gasteiger partial charge in [0.1, 0.15) is 11.6 Å². The molecular weight excluding hydrogens is 590 g/mol. The lowest BCUT2D eigenvalue weighted by molar-refractivity contribution is -0.180. The highest BCUT2D eigenvalue weighted by atomic mass is 16.4. The summed E-state index contributed by atoms with van der Waals surface area (Å²) < 4.78 is 2.08. The molecule has 0 spiro atoms. The Morgan fingerprint density at radius 2 is 1.50 bits per heavy atom. The highest BCUT2D eigenvalue weighted by Crippen LogP contribution is 2.14. The first-order valence-electron chi connectivity index (χ1n) is 15.9. The highest BCUT2D eigenvalue weighted by Gasteiger charge is 2.43. The average molecular weight is 644 g/mol. The number of hydrogen-bond donors (Lipinski definition) is 5. The number of benzene rings is 1. The Kier molecular flexibility index (Phi) is 16.6. The monoisotopic (exact) mass is 643 g/mol. The summed E-state index contributed by atoms with van der Waals surface area (Å²) in [5.41, 5.74) is 0.0342. The Balaban J connectivity index is 0.000000572. The first-order valence-corrected chi connectivity index (χ1v) is 15.9. The molecule has 0 fully saturated rings. The maximum Gasteiger partial charge on any atom is 0.338 e. The van der Waals surface area contributed by atoms with Crippen molar-refractivity contribution < 1.29 is 30.0 Å². The minimum Gasteiger partial charge on any atom is -0.479 e. The molecule has 0 aliphatic heterocycles. The molecule has 0 bridgehead atoms. The zero-order chi connectivity index (χ0) is 34.1. The Labute approximate surface area is 272 Å². The quantitative estimate of drug-likeness (QED) is 0.115. The van der Waals surface area contributed by atoms with Gasteiger partial charge in [-0.2, -0.15) is 0 Å². The number of rotatable bonds is 20. The van der Waals surface area contributed by atoms with Crippen LogP contribution in [0.1, 0.15) is 69.2 Å². The average Bonchev–Trinajstić information content (AvgIpc) is 3.67. The fourth-order valence-corrected chi connectivity index (χ4v) is 4.95. The van der Waals surface area contributed by atoms with Crippen LogP contribution in [-0.4, -0.2) is 112 Å². The fraction of sp³-hybridized carbons (Fsp3) is 0.576. The van der Waals surface area contributed by atoms with Crippen LogP contribution >= 0.6 is 0 Å². The smallest absolute Gasteiger partial charge is 0.338 e. The topological polar surface area (TPSA) is 171 Å². The van der Waals surface area contributed by atoms with E-state index in [1.165, 1.54) is 56.4 Å². The molecule has 0 amide bonds. The van der Waals surface area contributed by atoms with E-state index in [0.29, 0.717) is 6.92 Å². The number of aromatic nitrogens is 4. The van der Waals surface area contributed by atoms with E-state index >= 15 is 0 Å². The van der Waals surface area contributed by atoms with Crippen LogP contribution in [0.5, 0.6) is 0 Å². The van der Waals surface area contributed by atoms with Gasteiger partial charge in [0.15, 0.2) is 11.7 Å². The number of nitrogens with one attached hydrogen (secondary N) is 1. The van der Waals surface area contributed by atoms with Crippen molar-refractivity contribution in [2.24, 2.45) is 7.05 Å². The molecule has 13 nitrogen and oxygen atoms in total. The summed E-state index contributed by atoms with van der Waals surface area (Å²) >= 11 is 0. The molecule has 3 rings (SSSR count). The van der Waals surface area contributed by atoms with E-state index < -0.39 is 23.6 Å². The third kappa shape index (κ3) is 13.4. The Morgan fingerprint density at radius 3 is 1.98 bits per heavy atom. The highest BCUT2D eigenvalue weighted by molar-refractivity contribution is 5.86. The molecule has 0 saturated heterocycles. The van der Waals surface area contributed by atoms with Crippen molar-refractivity contribution in [2.45, 2.75) is 84.3 Å². The second-order valence-corrected chi connectivity index (χ2v) is 11.9. The summed E-state index contributed by atoms with van der Waals surface area (Å²) in [6, 6.07) is 9.10. The van der Waals surface area contributed by atoms with Crippen LogP contribution in [0, 0.1) is 0 Å². The second-order valence-electron chi connectivity index (χ2n) is 11.9. The molecule has 0 aliphatic carbocycles. The maximum absolute atomic E-state index is 10.1. The van der Waals surface area contributed by atoms with Gasteiger partial charge in [0.25, 0.3) is 0 Å². The van der Waals surface area contributed by atoms with Gasteiger partial charge in [-0.25, -0.2) is 19.6 Å². The van der Waals surface area contributed by atoms with E-state index in [-0.39, 0.29) is 0 Å². The van der Waals surface area contributed by atoms with E-state index in [1.54, 1.807) is 0 Å². The van der Waals surface area contributed by atoms with Gasteiger partial charge in [-0.15, -0.1) is 0 Å². The molecule has 0 aliphatic rings. The number of H-pyrrole nitrogens is 1. The third-order valence-corrected chi connectivity index (χ3v) is 7.64. The standard InChI is InChI=1S/C28H45N7.C5H8O6/c1-5-16-34(17-6-2)19-8-7-18-32(3)21-25-9-11-26(12-10-25)22-35(23-27-29-13-14-30-27)24-28-31-15-20-33(28)4;1-5(11,4(9)10)2(6)3(7)8/h9-15,20H,5-8,16-19,21-24H2,1-4H3,(H,29,30);2,6,11H,1H3,(H,7,8)(H,9,10)/t;2-,5+/m.0/s1. The summed E-state index contributed by atoms with van der Waals surface area (Å²) in [6.45, 7) is 13.5. The molecule has 5 N–H and O–H groups in total. The van der Waals surface area contributed by atoms with Crippen molar-refractivity contribution >= 4 is 11.9 Å². The largest absolute Gasteiger partial charge is 0.479 e. The number of aromatic amines is 1. The van der Waals surface area contributed by atoms with Crippen LogP contribution in [-0.2, 0) is 42.8 Å². The van der Waals surface area contributed by atoms with Crippen LogP contribution in [0.25, 0.3) is 0 Å². The number of unbranched alkanes of at least 4 members (excludes halogenated alkanes) is 1. The molecule has 0 radical (unpaired) electrons. The number of aliphatic hydroxyl groups excluding tert-OH is 1. The predicted octanol–water partition coefficient (Wildman–Crippen LogP) is 2.95. The van der Waals surface area contributed by atoms with E-state index in [9.17, 15) is 9.59 Å². The van der Waals surface area contributed by atoms with E-state index in [2.05, 4.69) is 79.4 Å². The lowest BCUT2D eigenvalue weighted by Crippen LogP contribution is -2.50. The number of aliphatic carboxylic acids is 2. The number of aryl methyl sites for hydroxylation is 1. The normalized spacial score (nSPS) is 13.4. The molecule has 2 atom stereocenters. The van der Waals surface area contributed by atoms with Gasteiger partial charge >= 0.3 is 11.9 Å².